The first-order chi connectivity index (χ1) is 25.6. The normalized spacial score (nSPS) is 15.1. The van der Waals surface area contributed by atoms with E-state index in [1.165, 1.54) is 57.8 Å². The second-order valence-corrected chi connectivity index (χ2v) is 14.9. The lowest BCUT2D eigenvalue weighted by atomic mass is 10.0. The first-order valence-corrected chi connectivity index (χ1v) is 21.8. The molecule has 0 aliphatic rings. The minimum absolute atomic E-state index is 0.00707. The first kappa shape index (κ1) is 50.9. The molecule has 0 spiro atoms. The van der Waals surface area contributed by atoms with Gasteiger partial charge in [-0.15, -0.1) is 0 Å². The summed E-state index contributed by atoms with van der Waals surface area (Å²) in [5.74, 6) is -1.12. The van der Waals surface area contributed by atoms with Gasteiger partial charge in [-0.1, -0.05) is 140 Å². The number of esters is 2. The van der Waals surface area contributed by atoms with E-state index in [-0.39, 0.29) is 51.9 Å². The maximum absolute atomic E-state index is 12.6. The number of allylic oxidation sites excluding steroid dienone is 7. The molecule has 0 aromatic heterocycles. The number of aliphatic hydroxyl groups excluding tert-OH is 2. The van der Waals surface area contributed by atoms with Crippen LogP contribution in [0.4, 0.5) is 0 Å². The summed E-state index contributed by atoms with van der Waals surface area (Å²) < 4.78 is 32.5. The summed E-state index contributed by atoms with van der Waals surface area (Å²) in [5.41, 5.74) is 5.32. The maximum Gasteiger partial charge on any atom is 0.472 e. The van der Waals surface area contributed by atoms with Gasteiger partial charge in [0.05, 0.1) is 25.4 Å². The number of rotatable bonds is 37. The molecule has 1 unspecified atom stereocenters. The van der Waals surface area contributed by atoms with Crippen LogP contribution >= 0.6 is 7.82 Å². The zero-order chi connectivity index (χ0) is 39.3. The number of ether oxygens (including phenoxy) is 2. The third-order valence-corrected chi connectivity index (χ3v) is 9.41. The second kappa shape index (κ2) is 36.8. The Bertz CT molecular complexity index is 1050. The van der Waals surface area contributed by atoms with Crippen molar-refractivity contribution >= 4 is 19.8 Å². The van der Waals surface area contributed by atoms with Crippen molar-refractivity contribution in [2.45, 2.75) is 173 Å². The van der Waals surface area contributed by atoms with Gasteiger partial charge in [-0.3, -0.25) is 18.6 Å². The smallest absolute Gasteiger partial charge is 0.462 e. The van der Waals surface area contributed by atoms with E-state index in [9.17, 15) is 29.3 Å². The third kappa shape index (κ3) is 35.4. The molecule has 4 atom stereocenters. The largest absolute Gasteiger partial charge is 0.472 e. The summed E-state index contributed by atoms with van der Waals surface area (Å²) in [7, 11) is -4.46. The SMILES string of the molecule is CC/C=C\C/C=C\C/C=C\C/C=C\C[C@@H](O)[C@H](O)CCCC(=O)O[C@H](COC(=O)CCCCCCCCCCCCCCC)COP(=O)(O)OCCN. The van der Waals surface area contributed by atoms with Crippen molar-refractivity contribution in [2.24, 2.45) is 5.73 Å². The molecule has 0 amide bonds. The molecule has 12 heteroatoms. The Labute approximate surface area is 321 Å². The van der Waals surface area contributed by atoms with Crippen LogP contribution in [0.3, 0.4) is 0 Å². The Morgan fingerprint density at radius 2 is 1.15 bits per heavy atom. The van der Waals surface area contributed by atoms with Crippen molar-refractivity contribution < 1.29 is 47.8 Å². The number of carbonyl (C=O) groups is 2. The lowest BCUT2D eigenvalue weighted by Gasteiger charge is -2.20. The predicted molar refractivity (Wildman–Crippen MR) is 213 cm³/mol. The quantitative estimate of drug-likeness (QED) is 0.0205. The molecule has 0 rings (SSSR count). The van der Waals surface area contributed by atoms with Crippen molar-refractivity contribution in [3.8, 4) is 0 Å². The number of phosphoric acid groups is 1. The number of aliphatic hydroxyl groups is 2. The lowest BCUT2D eigenvalue weighted by Crippen LogP contribution is -2.30. The second-order valence-electron chi connectivity index (χ2n) is 13.4. The molecule has 53 heavy (non-hydrogen) atoms. The Hall–Kier alpha value is -2.11. The number of phosphoric ester groups is 1. The fraction of sp³-hybridized carbons (Fsp3) is 0.756. The zero-order valence-electron chi connectivity index (χ0n) is 33.0. The van der Waals surface area contributed by atoms with E-state index in [0.29, 0.717) is 6.42 Å². The summed E-state index contributed by atoms with van der Waals surface area (Å²) in [4.78, 5) is 34.8. The van der Waals surface area contributed by atoms with E-state index in [4.69, 9.17) is 24.3 Å². The van der Waals surface area contributed by atoms with Crippen molar-refractivity contribution in [3.05, 3.63) is 48.6 Å². The van der Waals surface area contributed by atoms with Crippen LogP contribution in [0.5, 0.6) is 0 Å². The van der Waals surface area contributed by atoms with Gasteiger partial charge in [-0.25, -0.2) is 4.57 Å². The van der Waals surface area contributed by atoms with E-state index in [1.807, 2.05) is 18.2 Å². The van der Waals surface area contributed by atoms with Gasteiger partial charge in [0, 0.05) is 19.4 Å². The van der Waals surface area contributed by atoms with Gasteiger partial charge in [0.1, 0.15) is 6.61 Å². The Balaban J connectivity index is 4.46. The monoisotopic (exact) mass is 772 g/mol. The average Bonchev–Trinajstić information content (AvgIpc) is 3.14. The molecule has 0 radical (unpaired) electrons. The van der Waals surface area contributed by atoms with Crippen LogP contribution in [0, 0.1) is 0 Å². The molecule has 0 aliphatic heterocycles. The van der Waals surface area contributed by atoms with E-state index < -0.39 is 44.7 Å². The van der Waals surface area contributed by atoms with E-state index >= 15 is 0 Å². The molecule has 0 aliphatic carbocycles. The average molecular weight is 772 g/mol. The van der Waals surface area contributed by atoms with Crippen molar-refractivity contribution in [1.29, 1.82) is 0 Å². The highest BCUT2D eigenvalue weighted by molar-refractivity contribution is 7.47. The standard InChI is InChI=1S/C41H74NO10P/c1-3-5-7-9-11-13-15-17-19-21-23-25-27-31-40(45)49-35-37(36-51-53(47,48)50-34-33-42)52-41(46)32-28-30-39(44)38(43)29-26-24-22-20-18-16-14-12-10-8-6-4-2/h6,8,12,14,18,20,24,26,37-39,43-44H,3-5,7,9-11,13,15-17,19,21-23,25,27-36,42H2,1-2H3,(H,47,48)/b8-6-,14-12-,20-18-,26-24-/t37-,38-,39-/m1/s1. The molecule has 308 valence electrons. The van der Waals surface area contributed by atoms with Gasteiger partial charge in [0.15, 0.2) is 6.10 Å². The van der Waals surface area contributed by atoms with Gasteiger partial charge in [-0.2, -0.15) is 0 Å². The fourth-order valence-corrected chi connectivity index (χ4v) is 6.07. The Morgan fingerprint density at radius 3 is 1.70 bits per heavy atom. The molecule has 0 bridgehead atoms. The molecular weight excluding hydrogens is 697 g/mol. The van der Waals surface area contributed by atoms with Crippen molar-refractivity contribution in [1.82, 2.24) is 0 Å². The van der Waals surface area contributed by atoms with Crippen LogP contribution in [0.25, 0.3) is 0 Å². The van der Waals surface area contributed by atoms with E-state index in [0.717, 1.165) is 44.9 Å². The molecule has 11 nitrogen and oxygen atoms in total. The number of hydrogen-bond donors (Lipinski definition) is 4. The molecule has 5 N–H and O–H groups in total. The first-order valence-electron chi connectivity index (χ1n) is 20.3. The summed E-state index contributed by atoms with van der Waals surface area (Å²) in [6, 6.07) is 0. The molecule has 0 aromatic rings. The highest BCUT2D eigenvalue weighted by Gasteiger charge is 2.26. The molecule has 0 heterocycles. The molecule has 0 fully saturated rings. The fourth-order valence-electron chi connectivity index (χ4n) is 5.31. The van der Waals surface area contributed by atoms with Crippen molar-refractivity contribution in [3.63, 3.8) is 0 Å². The van der Waals surface area contributed by atoms with Crippen LogP contribution in [0.2, 0.25) is 0 Å². The molecule has 0 saturated heterocycles. The molecule has 0 aromatic carbocycles. The number of carbonyl (C=O) groups excluding carboxylic acids is 2. The molecule has 0 saturated carbocycles. The highest BCUT2D eigenvalue weighted by atomic mass is 31.2. The predicted octanol–water partition coefficient (Wildman–Crippen LogP) is 9.10. The minimum Gasteiger partial charge on any atom is -0.462 e. The summed E-state index contributed by atoms with van der Waals surface area (Å²) in [6.45, 7) is 3.26. The number of unbranched alkanes of at least 4 members (excludes halogenated alkanes) is 12. The zero-order valence-corrected chi connectivity index (χ0v) is 33.9. The number of nitrogens with two attached hydrogens (primary N) is 1. The Morgan fingerprint density at radius 1 is 0.642 bits per heavy atom. The highest BCUT2D eigenvalue weighted by Crippen LogP contribution is 2.43. The van der Waals surface area contributed by atoms with Crippen LogP contribution in [-0.4, -0.2) is 71.7 Å². The van der Waals surface area contributed by atoms with Crippen LogP contribution in [0.15, 0.2) is 48.6 Å². The topological polar surface area (TPSA) is 175 Å². The summed E-state index contributed by atoms with van der Waals surface area (Å²) in [5, 5.41) is 20.7. The minimum atomic E-state index is -4.46. The van der Waals surface area contributed by atoms with Gasteiger partial charge in [0.2, 0.25) is 0 Å². The lowest BCUT2D eigenvalue weighted by molar-refractivity contribution is -0.161. The van der Waals surface area contributed by atoms with Gasteiger partial charge in [0.25, 0.3) is 0 Å². The van der Waals surface area contributed by atoms with Crippen LogP contribution in [-0.2, 0) is 32.7 Å². The summed E-state index contributed by atoms with van der Waals surface area (Å²) >= 11 is 0. The van der Waals surface area contributed by atoms with E-state index in [1.54, 1.807) is 0 Å². The van der Waals surface area contributed by atoms with E-state index in [2.05, 4.69) is 44.2 Å². The summed E-state index contributed by atoms with van der Waals surface area (Å²) in [6.07, 6.45) is 33.2. The van der Waals surface area contributed by atoms with Crippen molar-refractivity contribution in [2.75, 3.05) is 26.4 Å². The molecular formula is C41H74NO10P. The maximum atomic E-state index is 12.6. The van der Waals surface area contributed by atoms with Crippen LogP contribution < -0.4 is 5.73 Å². The Kier molecular flexibility index (Phi) is 35.4. The third-order valence-electron chi connectivity index (χ3n) is 8.43. The van der Waals surface area contributed by atoms with Gasteiger partial charge in [-0.05, 0) is 51.4 Å². The number of hydrogen-bond acceptors (Lipinski definition) is 10. The van der Waals surface area contributed by atoms with Crippen LogP contribution in [0.1, 0.15) is 155 Å². The van der Waals surface area contributed by atoms with Gasteiger partial charge < -0.3 is 30.3 Å². The van der Waals surface area contributed by atoms with Gasteiger partial charge >= 0.3 is 19.8 Å².